The summed E-state index contributed by atoms with van der Waals surface area (Å²) in [6.07, 6.45) is 9.20. The molecule has 25 heavy (non-hydrogen) atoms. The highest BCUT2D eigenvalue weighted by atomic mass is 15.3. The molecule has 0 unspecified atom stereocenters. The maximum Gasteiger partial charge on any atom is 0.0658 e. The molecule has 6 nitrogen and oxygen atoms in total. The van der Waals surface area contributed by atoms with E-state index in [1.807, 2.05) is 17.9 Å². The SMILES string of the molecule is CNCC1CCC(c2cc(CN(C)Cc3cnn(C)c3)n(C)n2)CC1. The summed E-state index contributed by atoms with van der Waals surface area (Å²) in [5.74, 6) is 1.48. The molecule has 1 fully saturated rings. The van der Waals surface area contributed by atoms with E-state index in [1.165, 1.54) is 42.6 Å². The van der Waals surface area contributed by atoms with Gasteiger partial charge in [-0.2, -0.15) is 10.2 Å². The van der Waals surface area contributed by atoms with Crippen molar-refractivity contribution in [2.75, 3.05) is 20.6 Å². The molecule has 138 valence electrons. The number of nitrogens with one attached hydrogen (secondary N) is 1. The summed E-state index contributed by atoms with van der Waals surface area (Å²) in [4.78, 5) is 2.32. The molecule has 1 saturated carbocycles. The van der Waals surface area contributed by atoms with Crippen molar-refractivity contribution in [3.05, 3.63) is 35.4 Å². The average Bonchev–Trinajstić information content (AvgIpc) is 3.14. The predicted octanol–water partition coefficient (Wildman–Crippen LogP) is 2.28. The van der Waals surface area contributed by atoms with Gasteiger partial charge in [0.05, 0.1) is 17.6 Å². The number of hydrogen-bond donors (Lipinski definition) is 1. The fraction of sp³-hybridized carbons (Fsp3) is 0.684. The van der Waals surface area contributed by atoms with Gasteiger partial charge < -0.3 is 5.32 Å². The lowest BCUT2D eigenvalue weighted by molar-refractivity contribution is 0.309. The summed E-state index contributed by atoms with van der Waals surface area (Å²) < 4.78 is 3.92. The van der Waals surface area contributed by atoms with Crippen molar-refractivity contribution in [1.29, 1.82) is 0 Å². The lowest BCUT2D eigenvalue weighted by Crippen LogP contribution is -2.23. The van der Waals surface area contributed by atoms with Gasteiger partial charge in [0.1, 0.15) is 0 Å². The minimum Gasteiger partial charge on any atom is -0.319 e. The summed E-state index contributed by atoms with van der Waals surface area (Å²) in [6.45, 7) is 2.97. The topological polar surface area (TPSA) is 50.9 Å². The van der Waals surface area contributed by atoms with Crippen molar-refractivity contribution in [2.45, 2.75) is 44.7 Å². The van der Waals surface area contributed by atoms with Crippen LogP contribution < -0.4 is 5.32 Å². The first-order valence-corrected chi connectivity index (χ1v) is 9.38. The molecule has 1 N–H and O–H groups in total. The van der Waals surface area contributed by atoms with Crippen LogP contribution in [-0.4, -0.2) is 45.1 Å². The molecule has 6 heteroatoms. The van der Waals surface area contributed by atoms with E-state index in [0.717, 1.165) is 25.6 Å². The van der Waals surface area contributed by atoms with E-state index in [9.17, 15) is 0 Å². The highest BCUT2D eigenvalue weighted by molar-refractivity contribution is 5.15. The van der Waals surface area contributed by atoms with Crippen LogP contribution in [0.2, 0.25) is 0 Å². The Kier molecular flexibility index (Phi) is 5.91. The van der Waals surface area contributed by atoms with Crippen LogP contribution in [0.15, 0.2) is 18.5 Å². The van der Waals surface area contributed by atoms with E-state index >= 15 is 0 Å². The Labute approximate surface area is 151 Å². The molecule has 1 aliphatic rings. The van der Waals surface area contributed by atoms with Gasteiger partial charge in [-0.25, -0.2) is 0 Å². The van der Waals surface area contributed by atoms with Gasteiger partial charge >= 0.3 is 0 Å². The molecule has 1 aliphatic carbocycles. The van der Waals surface area contributed by atoms with Crippen LogP contribution in [0, 0.1) is 5.92 Å². The summed E-state index contributed by atoms with van der Waals surface area (Å²) >= 11 is 0. The summed E-state index contributed by atoms with van der Waals surface area (Å²) in [5, 5.41) is 12.4. The number of nitrogens with zero attached hydrogens (tertiary/aromatic N) is 5. The number of rotatable bonds is 7. The Morgan fingerprint density at radius 3 is 2.60 bits per heavy atom. The second-order valence-corrected chi connectivity index (χ2v) is 7.65. The lowest BCUT2D eigenvalue weighted by atomic mass is 9.80. The highest BCUT2D eigenvalue weighted by Crippen LogP contribution is 2.35. The van der Waals surface area contributed by atoms with Crippen LogP contribution in [0.3, 0.4) is 0 Å². The van der Waals surface area contributed by atoms with Gasteiger partial charge in [0.25, 0.3) is 0 Å². The third-order valence-corrected chi connectivity index (χ3v) is 5.40. The standard InChI is InChI=1S/C19H32N6/c1-20-10-15-5-7-17(8-6-15)19-9-18(25(4)22-19)14-23(2)12-16-11-21-24(3)13-16/h9,11,13,15,17,20H,5-8,10,12,14H2,1-4H3. The number of aryl methyl sites for hydroxylation is 2. The zero-order chi connectivity index (χ0) is 17.8. The van der Waals surface area contributed by atoms with Crippen molar-refractivity contribution in [3.8, 4) is 0 Å². The zero-order valence-corrected chi connectivity index (χ0v) is 16.1. The molecule has 2 aromatic heterocycles. The predicted molar refractivity (Wildman–Crippen MR) is 100 cm³/mol. The van der Waals surface area contributed by atoms with Crippen molar-refractivity contribution >= 4 is 0 Å². The smallest absolute Gasteiger partial charge is 0.0658 e. The van der Waals surface area contributed by atoms with E-state index < -0.39 is 0 Å². The quantitative estimate of drug-likeness (QED) is 0.837. The maximum absolute atomic E-state index is 4.83. The van der Waals surface area contributed by atoms with Crippen LogP contribution in [0.5, 0.6) is 0 Å². The van der Waals surface area contributed by atoms with Crippen LogP contribution in [-0.2, 0) is 27.2 Å². The first-order chi connectivity index (χ1) is 12.0. The van der Waals surface area contributed by atoms with E-state index in [-0.39, 0.29) is 0 Å². The third kappa shape index (κ3) is 4.70. The molecule has 0 aromatic carbocycles. The first kappa shape index (κ1) is 18.1. The van der Waals surface area contributed by atoms with Crippen LogP contribution in [0.4, 0.5) is 0 Å². The van der Waals surface area contributed by atoms with Crippen LogP contribution >= 0.6 is 0 Å². The molecular weight excluding hydrogens is 312 g/mol. The Morgan fingerprint density at radius 1 is 1.20 bits per heavy atom. The molecule has 0 amide bonds. The average molecular weight is 345 g/mol. The van der Waals surface area contributed by atoms with Gasteiger partial charge in [0.15, 0.2) is 0 Å². The van der Waals surface area contributed by atoms with E-state index in [1.54, 1.807) is 0 Å². The van der Waals surface area contributed by atoms with Gasteiger partial charge in [-0.3, -0.25) is 14.3 Å². The van der Waals surface area contributed by atoms with Crippen LogP contribution in [0.1, 0.15) is 48.6 Å². The minimum atomic E-state index is 0.636. The monoisotopic (exact) mass is 344 g/mol. The fourth-order valence-electron chi connectivity index (χ4n) is 4.03. The molecule has 0 bridgehead atoms. The molecule has 0 spiro atoms. The Bertz CT molecular complexity index is 665. The maximum atomic E-state index is 4.83. The van der Waals surface area contributed by atoms with Crippen molar-refractivity contribution in [2.24, 2.45) is 20.0 Å². The molecular formula is C19H32N6. The van der Waals surface area contributed by atoms with Gasteiger partial charge in [0, 0.05) is 44.9 Å². The van der Waals surface area contributed by atoms with E-state index in [0.29, 0.717) is 5.92 Å². The summed E-state index contributed by atoms with van der Waals surface area (Å²) in [7, 11) is 8.24. The normalized spacial score (nSPS) is 21.2. The molecule has 0 aliphatic heterocycles. The lowest BCUT2D eigenvalue weighted by Gasteiger charge is -2.27. The largest absolute Gasteiger partial charge is 0.319 e. The number of hydrogen-bond acceptors (Lipinski definition) is 4. The Hall–Kier alpha value is -1.66. The summed E-state index contributed by atoms with van der Waals surface area (Å²) in [5.41, 5.74) is 3.82. The molecule has 0 saturated heterocycles. The van der Waals surface area contributed by atoms with E-state index in [2.05, 4.69) is 53.4 Å². The van der Waals surface area contributed by atoms with Crippen molar-refractivity contribution < 1.29 is 0 Å². The highest BCUT2D eigenvalue weighted by Gasteiger charge is 2.24. The van der Waals surface area contributed by atoms with Crippen molar-refractivity contribution in [3.63, 3.8) is 0 Å². The van der Waals surface area contributed by atoms with Crippen LogP contribution in [0.25, 0.3) is 0 Å². The second-order valence-electron chi connectivity index (χ2n) is 7.65. The number of aromatic nitrogens is 4. The molecule has 2 aromatic rings. The van der Waals surface area contributed by atoms with Crippen molar-refractivity contribution in [1.82, 2.24) is 29.8 Å². The Balaban J connectivity index is 1.57. The second kappa shape index (κ2) is 8.15. The minimum absolute atomic E-state index is 0.636. The van der Waals surface area contributed by atoms with E-state index in [4.69, 9.17) is 5.10 Å². The molecule has 3 rings (SSSR count). The molecule has 0 atom stereocenters. The van der Waals surface area contributed by atoms with Gasteiger partial charge in [-0.1, -0.05) is 0 Å². The first-order valence-electron chi connectivity index (χ1n) is 9.38. The summed E-state index contributed by atoms with van der Waals surface area (Å²) in [6, 6.07) is 2.32. The van der Waals surface area contributed by atoms with Gasteiger partial charge in [0.2, 0.25) is 0 Å². The van der Waals surface area contributed by atoms with Gasteiger partial charge in [-0.05, 0) is 58.3 Å². The zero-order valence-electron chi connectivity index (χ0n) is 16.1. The third-order valence-electron chi connectivity index (χ3n) is 5.40. The molecule has 2 heterocycles. The molecule has 0 radical (unpaired) electrons. The van der Waals surface area contributed by atoms with Gasteiger partial charge in [-0.15, -0.1) is 0 Å². The fourth-order valence-corrected chi connectivity index (χ4v) is 4.03. The Morgan fingerprint density at radius 2 is 1.96 bits per heavy atom.